The van der Waals surface area contributed by atoms with Crippen molar-refractivity contribution < 1.29 is 19.2 Å². The molecule has 0 heterocycles. The van der Waals surface area contributed by atoms with Gasteiger partial charge in [0.25, 0.3) is 23.6 Å². The lowest BCUT2D eigenvalue weighted by atomic mass is 9.94. The van der Waals surface area contributed by atoms with Gasteiger partial charge in [-0.25, -0.2) is 0 Å². The van der Waals surface area contributed by atoms with E-state index in [0.29, 0.717) is 38.0 Å². The van der Waals surface area contributed by atoms with Crippen LogP contribution in [0.3, 0.4) is 0 Å². The number of benzene rings is 1. The third-order valence-electron chi connectivity index (χ3n) is 12.0. The van der Waals surface area contributed by atoms with Crippen LogP contribution in [0.4, 0.5) is 0 Å². The maximum absolute atomic E-state index is 14.0. The molecule has 0 saturated heterocycles. The molecule has 2 atom stereocenters. The molecular formula is C50H90N4O4. The van der Waals surface area contributed by atoms with Crippen molar-refractivity contribution in [1.82, 2.24) is 21.3 Å². The van der Waals surface area contributed by atoms with Gasteiger partial charge in [0.05, 0.1) is 22.3 Å². The van der Waals surface area contributed by atoms with E-state index in [2.05, 4.69) is 62.8 Å². The maximum atomic E-state index is 14.0. The van der Waals surface area contributed by atoms with Gasteiger partial charge >= 0.3 is 0 Å². The summed E-state index contributed by atoms with van der Waals surface area (Å²) in [6, 6.07) is 2.99. The highest BCUT2D eigenvalue weighted by molar-refractivity contribution is 6.14. The molecule has 0 aliphatic heterocycles. The molecule has 0 saturated carbocycles. The van der Waals surface area contributed by atoms with Crippen LogP contribution in [0.2, 0.25) is 0 Å². The summed E-state index contributed by atoms with van der Waals surface area (Å²) < 4.78 is 0. The monoisotopic (exact) mass is 811 g/mol. The average Bonchev–Trinajstić information content (AvgIpc) is 3.23. The molecule has 0 spiro atoms. The Kier molecular flexibility index (Phi) is 33.0. The van der Waals surface area contributed by atoms with E-state index in [4.69, 9.17) is 0 Å². The maximum Gasteiger partial charge on any atom is 0.252 e. The highest BCUT2D eigenvalue weighted by Crippen LogP contribution is 2.21. The number of hydrogen-bond acceptors (Lipinski definition) is 4. The number of unbranched alkanes of at least 4 members (excludes halogenated alkanes) is 20. The lowest BCUT2D eigenvalue weighted by molar-refractivity contribution is 0.0903. The average molecular weight is 811 g/mol. The molecule has 4 N–H and O–H groups in total. The van der Waals surface area contributed by atoms with E-state index in [0.717, 1.165) is 89.9 Å². The quantitative estimate of drug-likeness (QED) is 0.0498. The van der Waals surface area contributed by atoms with Crippen LogP contribution in [-0.4, -0.2) is 49.8 Å². The van der Waals surface area contributed by atoms with Crippen LogP contribution in [0.1, 0.15) is 263 Å². The second-order valence-corrected chi connectivity index (χ2v) is 17.1. The number of nitrogens with one attached hydrogen (secondary N) is 4. The second kappa shape index (κ2) is 36.0. The van der Waals surface area contributed by atoms with E-state index >= 15 is 0 Å². The van der Waals surface area contributed by atoms with Crippen LogP contribution < -0.4 is 21.3 Å². The predicted octanol–water partition coefficient (Wildman–Crippen LogP) is 12.9. The van der Waals surface area contributed by atoms with Crippen molar-refractivity contribution in [3.05, 3.63) is 34.4 Å². The van der Waals surface area contributed by atoms with Gasteiger partial charge in [0, 0.05) is 26.2 Å². The Balaban J connectivity index is 3.24. The van der Waals surface area contributed by atoms with Gasteiger partial charge in [-0.2, -0.15) is 0 Å². The fourth-order valence-electron chi connectivity index (χ4n) is 7.72. The van der Waals surface area contributed by atoms with Gasteiger partial charge in [-0.15, -0.1) is 0 Å². The van der Waals surface area contributed by atoms with Gasteiger partial charge in [-0.1, -0.05) is 196 Å². The van der Waals surface area contributed by atoms with Crippen LogP contribution in [0, 0.1) is 11.8 Å². The number of carbonyl (C=O) groups excluding carboxylic acids is 4. The molecule has 58 heavy (non-hydrogen) atoms. The third kappa shape index (κ3) is 24.2. The Morgan fingerprint density at radius 1 is 0.362 bits per heavy atom. The van der Waals surface area contributed by atoms with Crippen LogP contribution >= 0.6 is 0 Å². The third-order valence-corrected chi connectivity index (χ3v) is 12.0. The molecule has 1 aromatic carbocycles. The van der Waals surface area contributed by atoms with Crippen molar-refractivity contribution >= 4 is 23.6 Å². The topological polar surface area (TPSA) is 116 Å². The minimum atomic E-state index is -0.390. The number of carbonyl (C=O) groups is 4. The van der Waals surface area contributed by atoms with Gasteiger partial charge in [0.1, 0.15) is 0 Å². The van der Waals surface area contributed by atoms with Crippen LogP contribution in [0.15, 0.2) is 12.1 Å². The summed E-state index contributed by atoms with van der Waals surface area (Å²) in [6.45, 7) is 15.1. The van der Waals surface area contributed by atoms with Crippen molar-refractivity contribution in [2.45, 2.75) is 221 Å². The highest BCUT2D eigenvalue weighted by Gasteiger charge is 2.26. The fourth-order valence-corrected chi connectivity index (χ4v) is 7.72. The molecule has 0 aliphatic rings. The SMILES string of the molecule is CCCCCCCCCCCCNC(=O)c1cc(C(=O)NCC(CC)CCCC)c(C(=O)NCC(CC)CCCC)cc1C(=O)NCCCCCCCCCCCC. The molecule has 334 valence electrons. The van der Waals surface area contributed by atoms with Crippen molar-refractivity contribution in [1.29, 1.82) is 0 Å². The number of rotatable bonds is 38. The number of hydrogen-bond donors (Lipinski definition) is 4. The molecule has 0 aromatic heterocycles. The Hall–Kier alpha value is -2.90. The summed E-state index contributed by atoms with van der Waals surface area (Å²) >= 11 is 0. The Morgan fingerprint density at radius 3 is 0.897 bits per heavy atom. The van der Waals surface area contributed by atoms with Crippen LogP contribution in [0.5, 0.6) is 0 Å². The minimum Gasteiger partial charge on any atom is -0.352 e. The molecule has 0 aliphatic carbocycles. The molecular weight excluding hydrogens is 721 g/mol. The molecule has 0 fully saturated rings. The van der Waals surface area contributed by atoms with E-state index < -0.39 is 0 Å². The molecule has 0 bridgehead atoms. The largest absolute Gasteiger partial charge is 0.352 e. The van der Waals surface area contributed by atoms with E-state index in [1.807, 2.05) is 0 Å². The molecule has 1 aromatic rings. The standard InChI is InChI=1S/C50H90N4O4/c1-7-13-17-19-21-23-25-27-29-31-35-51-47(55)43-37-45(49(57)53-39-41(11-5)33-15-9-3)46(50(58)54-40-42(12-6)34-16-10-4)38-44(43)48(56)52-36-32-30-28-26-24-22-20-18-14-8-2/h37-38,41-42H,7-36,39-40H2,1-6H3,(H,51,55)(H,52,56)(H,53,57)(H,54,58). The smallest absolute Gasteiger partial charge is 0.252 e. The normalized spacial score (nSPS) is 12.2. The van der Waals surface area contributed by atoms with Gasteiger partial charge in [0.15, 0.2) is 0 Å². The predicted molar refractivity (Wildman–Crippen MR) is 246 cm³/mol. The molecule has 2 unspecified atom stereocenters. The summed E-state index contributed by atoms with van der Waals surface area (Å²) in [5, 5.41) is 12.3. The van der Waals surface area contributed by atoms with Crippen LogP contribution in [-0.2, 0) is 0 Å². The van der Waals surface area contributed by atoms with E-state index in [-0.39, 0.29) is 45.9 Å². The van der Waals surface area contributed by atoms with Crippen LogP contribution in [0.25, 0.3) is 0 Å². The summed E-state index contributed by atoms with van der Waals surface area (Å²) in [5.41, 5.74) is 0.558. The molecule has 1 rings (SSSR count). The first-order chi connectivity index (χ1) is 28.3. The van der Waals surface area contributed by atoms with E-state index in [1.165, 1.54) is 102 Å². The highest BCUT2D eigenvalue weighted by atomic mass is 16.2. The van der Waals surface area contributed by atoms with Crippen molar-refractivity contribution in [2.75, 3.05) is 26.2 Å². The van der Waals surface area contributed by atoms with Crippen molar-refractivity contribution in [3.8, 4) is 0 Å². The number of amides is 4. The molecule has 4 amide bonds. The summed E-state index contributed by atoms with van der Waals surface area (Å²) in [7, 11) is 0. The Bertz CT molecular complexity index is 1140. The van der Waals surface area contributed by atoms with Crippen molar-refractivity contribution in [2.24, 2.45) is 11.8 Å². The van der Waals surface area contributed by atoms with E-state index in [9.17, 15) is 19.2 Å². The first-order valence-corrected chi connectivity index (χ1v) is 24.6. The van der Waals surface area contributed by atoms with Gasteiger partial charge in [-0.3, -0.25) is 19.2 Å². The van der Waals surface area contributed by atoms with Gasteiger partial charge < -0.3 is 21.3 Å². The first-order valence-electron chi connectivity index (χ1n) is 24.6. The second-order valence-electron chi connectivity index (χ2n) is 17.1. The van der Waals surface area contributed by atoms with Gasteiger partial charge in [-0.05, 0) is 49.7 Å². The fraction of sp³-hybridized carbons (Fsp3) is 0.800. The first kappa shape index (κ1) is 53.1. The molecule has 8 heteroatoms. The summed E-state index contributed by atoms with van der Waals surface area (Å²) in [6.07, 6.45) is 32.3. The zero-order valence-electron chi connectivity index (χ0n) is 38.6. The molecule has 8 nitrogen and oxygen atoms in total. The van der Waals surface area contributed by atoms with Gasteiger partial charge in [0.2, 0.25) is 0 Å². The lowest BCUT2D eigenvalue weighted by Gasteiger charge is -2.20. The zero-order chi connectivity index (χ0) is 42.6. The summed E-state index contributed by atoms with van der Waals surface area (Å²) in [5.74, 6) is -0.908. The lowest BCUT2D eigenvalue weighted by Crippen LogP contribution is -2.36. The molecule has 0 radical (unpaired) electrons. The Morgan fingerprint density at radius 2 is 0.621 bits per heavy atom. The summed E-state index contributed by atoms with van der Waals surface area (Å²) in [4.78, 5) is 55.8. The zero-order valence-corrected chi connectivity index (χ0v) is 38.6. The Labute approximate surface area is 356 Å². The van der Waals surface area contributed by atoms with Crippen molar-refractivity contribution in [3.63, 3.8) is 0 Å². The van der Waals surface area contributed by atoms with E-state index in [1.54, 1.807) is 0 Å². The minimum absolute atomic E-state index is 0.139.